The molecular weight excluding hydrogens is 434 g/mol. The Morgan fingerprint density at radius 3 is 2.47 bits per heavy atom. The van der Waals surface area contributed by atoms with Crippen molar-refractivity contribution >= 4 is 23.9 Å². The lowest BCUT2D eigenvalue weighted by atomic mass is 9.87. The van der Waals surface area contributed by atoms with Crippen LogP contribution in [0.15, 0.2) is 71.0 Å². The summed E-state index contributed by atoms with van der Waals surface area (Å²) in [6, 6.07) is 14.2. The highest BCUT2D eigenvalue weighted by Gasteiger charge is 2.36. The number of rotatable bonds is 7. The molecule has 3 aromatic rings. The lowest BCUT2D eigenvalue weighted by Gasteiger charge is -2.25. The van der Waals surface area contributed by atoms with Gasteiger partial charge >= 0.3 is 6.03 Å². The molecule has 8 heteroatoms. The van der Waals surface area contributed by atoms with E-state index in [-0.39, 0.29) is 17.5 Å². The van der Waals surface area contributed by atoms with Crippen LogP contribution in [0.3, 0.4) is 0 Å². The molecule has 0 saturated carbocycles. The van der Waals surface area contributed by atoms with Crippen LogP contribution in [0.5, 0.6) is 5.75 Å². The Morgan fingerprint density at radius 2 is 1.79 bits per heavy atom. The molecule has 1 N–H and O–H groups in total. The van der Waals surface area contributed by atoms with Crippen LogP contribution in [-0.2, 0) is 28.1 Å². The van der Waals surface area contributed by atoms with E-state index in [0.29, 0.717) is 24.6 Å². The minimum atomic E-state index is -0.773. The third-order valence-corrected chi connectivity index (χ3v) is 5.56. The van der Waals surface area contributed by atoms with E-state index in [0.717, 1.165) is 10.6 Å². The first-order valence-electron chi connectivity index (χ1n) is 11.0. The van der Waals surface area contributed by atoms with Gasteiger partial charge in [0.25, 0.3) is 11.8 Å². The summed E-state index contributed by atoms with van der Waals surface area (Å²) in [5, 5.41) is 2.22. The summed E-state index contributed by atoms with van der Waals surface area (Å²) in [6.07, 6.45) is 4.78. The number of amides is 4. The first-order valence-corrected chi connectivity index (χ1v) is 11.0. The lowest BCUT2D eigenvalue weighted by Crippen LogP contribution is -2.53. The molecule has 176 valence electrons. The van der Waals surface area contributed by atoms with Crippen molar-refractivity contribution in [2.75, 3.05) is 6.61 Å². The fourth-order valence-corrected chi connectivity index (χ4v) is 3.62. The zero-order valence-electron chi connectivity index (χ0n) is 19.4. The molecule has 2 aromatic heterocycles. The summed E-state index contributed by atoms with van der Waals surface area (Å²) in [7, 11) is 0. The van der Waals surface area contributed by atoms with Crippen molar-refractivity contribution in [3.05, 3.63) is 83.6 Å². The van der Waals surface area contributed by atoms with Gasteiger partial charge in [-0.1, -0.05) is 32.9 Å². The number of furan rings is 1. The van der Waals surface area contributed by atoms with Gasteiger partial charge in [0.1, 0.15) is 23.7 Å². The van der Waals surface area contributed by atoms with Gasteiger partial charge in [-0.05, 0) is 53.5 Å². The summed E-state index contributed by atoms with van der Waals surface area (Å²) in [6.45, 7) is 7.34. The van der Waals surface area contributed by atoms with E-state index in [4.69, 9.17) is 9.15 Å². The van der Waals surface area contributed by atoms with Gasteiger partial charge in [-0.3, -0.25) is 19.8 Å². The SMILES string of the molecule is CC(C)(C)c1ccc(OCCn2cccc2/C=C2\C(=O)NC(=O)N(Cc3ccco3)C2=O)cc1. The van der Waals surface area contributed by atoms with Crippen molar-refractivity contribution in [1.29, 1.82) is 0 Å². The highest BCUT2D eigenvalue weighted by molar-refractivity contribution is 6.30. The van der Waals surface area contributed by atoms with Crippen molar-refractivity contribution < 1.29 is 23.5 Å². The average Bonchev–Trinajstić information content (AvgIpc) is 3.46. The molecule has 1 aliphatic rings. The Hall–Kier alpha value is -4.07. The second kappa shape index (κ2) is 9.43. The van der Waals surface area contributed by atoms with E-state index in [1.54, 1.807) is 18.2 Å². The second-order valence-corrected chi connectivity index (χ2v) is 9.04. The molecule has 1 aromatic carbocycles. The monoisotopic (exact) mass is 461 g/mol. The number of nitrogens with one attached hydrogen (secondary N) is 1. The Bertz CT molecular complexity index is 1210. The molecule has 0 bridgehead atoms. The van der Waals surface area contributed by atoms with Crippen LogP contribution in [0.4, 0.5) is 4.79 Å². The zero-order valence-corrected chi connectivity index (χ0v) is 19.4. The van der Waals surface area contributed by atoms with Crippen molar-refractivity contribution in [3.8, 4) is 5.75 Å². The fourth-order valence-electron chi connectivity index (χ4n) is 3.62. The van der Waals surface area contributed by atoms with Gasteiger partial charge in [0, 0.05) is 11.9 Å². The van der Waals surface area contributed by atoms with Crippen molar-refractivity contribution in [2.45, 2.75) is 39.3 Å². The maximum absolute atomic E-state index is 12.9. The van der Waals surface area contributed by atoms with E-state index in [1.807, 2.05) is 29.0 Å². The third-order valence-electron chi connectivity index (χ3n) is 5.56. The van der Waals surface area contributed by atoms with Crippen molar-refractivity contribution in [3.63, 3.8) is 0 Å². The minimum Gasteiger partial charge on any atom is -0.492 e. The van der Waals surface area contributed by atoms with E-state index in [1.165, 1.54) is 17.9 Å². The minimum absolute atomic E-state index is 0.0643. The predicted octanol–water partition coefficient (Wildman–Crippen LogP) is 4.12. The van der Waals surface area contributed by atoms with Crippen LogP contribution in [0.1, 0.15) is 37.8 Å². The predicted molar refractivity (Wildman–Crippen MR) is 126 cm³/mol. The number of hydrogen-bond donors (Lipinski definition) is 1. The van der Waals surface area contributed by atoms with E-state index >= 15 is 0 Å². The summed E-state index contributed by atoms with van der Waals surface area (Å²) < 4.78 is 13.0. The molecule has 0 unspecified atom stereocenters. The molecule has 1 fully saturated rings. The maximum Gasteiger partial charge on any atom is 0.331 e. The quantitative estimate of drug-likeness (QED) is 0.422. The molecule has 3 heterocycles. The Morgan fingerprint density at radius 1 is 1.03 bits per heavy atom. The topological polar surface area (TPSA) is 93.8 Å². The number of hydrogen-bond acceptors (Lipinski definition) is 5. The number of aromatic nitrogens is 1. The molecule has 0 aliphatic carbocycles. The number of imide groups is 2. The molecule has 4 rings (SSSR count). The molecule has 1 saturated heterocycles. The second-order valence-electron chi connectivity index (χ2n) is 9.04. The Balaban J connectivity index is 1.44. The Kier molecular flexibility index (Phi) is 6.40. The van der Waals surface area contributed by atoms with Gasteiger partial charge in [0.15, 0.2) is 0 Å². The van der Waals surface area contributed by atoms with Crippen LogP contribution in [-0.4, -0.2) is 33.9 Å². The van der Waals surface area contributed by atoms with Gasteiger partial charge in [-0.15, -0.1) is 0 Å². The number of barbiturate groups is 1. The van der Waals surface area contributed by atoms with Gasteiger partial charge in [0.2, 0.25) is 0 Å². The van der Waals surface area contributed by atoms with Gasteiger partial charge < -0.3 is 13.7 Å². The van der Waals surface area contributed by atoms with Crippen LogP contribution in [0.2, 0.25) is 0 Å². The third kappa shape index (κ3) is 5.11. The molecule has 34 heavy (non-hydrogen) atoms. The van der Waals surface area contributed by atoms with E-state index in [2.05, 4.69) is 38.2 Å². The van der Waals surface area contributed by atoms with Crippen LogP contribution in [0, 0.1) is 0 Å². The lowest BCUT2D eigenvalue weighted by molar-refractivity contribution is -0.130. The highest BCUT2D eigenvalue weighted by Crippen LogP contribution is 2.24. The summed E-state index contributed by atoms with van der Waals surface area (Å²) in [5.41, 5.74) is 1.84. The molecular formula is C26H27N3O5. The molecule has 0 radical (unpaired) electrons. The van der Waals surface area contributed by atoms with E-state index in [9.17, 15) is 14.4 Å². The molecule has 0 atom stereocenters. The van der Waals surface area contributed by atoms with Crippen LogP contribution in [0.25, 0.3) is 6.08 Å². The number of benzene rings is 1. The van der Waals surface area contributed by atoms with Crippen molar-refractivity contribution in [2.24, 2.45) is 0 Å². The van der Waals surface area contributed by atoms with Gasteiger partial charge in [-0.25, -0.2) is 4.79 Å². The molecule has 8 nitrogen and oxygen atoms in total. The number of urea groups is 1. The van der Waals surface area contributed by atoms with Gasteiger partial charge in [0.05, 0.1) is 19.4 Å². The number of carbonyl (C=O) groups excluding carboxylic acids is 3. The molecule has 0 spiro atoms. The number of ether oxygens (including phenoxy) is 1. The van der Waals surface area contributed by atoms with Crippen molar-refractivity contribution in [1.82, 2.24) is 14.8 Å². The Labute approximate surface area is 197 Å². The standard InChI is InChI=1S/C26H27N3O5/c1-26(2,3)18-8-10-20(11-9-18)34-15-13-28-12-4-6-19(28)16-22-23(30)27-25(32)29(24(22)31)17-21-7-5-14-33-21/h4-12,14,16H,13,15,17H2,1-3H3,(H,27,30,32)/b22-16+. The molecule has 1 aliphatic heterocycles. The maximum atomic E-state index is 12.9. The molecule has 4 amide bonds. The van der Waals surface area contributed by atoms with E-state index < -0.39 is 17.8 Å². The smallest absolute Gasteiger partial charge is 0.331 e. The summed E-state index contributed by atoms with van der Waals surface area (Å²) in [4.78, 5) is 38.4. The summed E-state index contributed by atoms with van der Waals surface area (Å²) in [5.74, 6) is -0.191. The first kappa shape index (κ1) is 23.1. The zero-order chi connectivity index (χ0) is 24.3. The van der Waals surface area contributed by atoms with Gasteiger partial charge in [-0.2, -0.15) is 0 Å². The van der Waals surface area contributed by atoms with Crippen LogP contribution >= 0.6 is 0 Å². The highest BCUT2D eigenvalue weighted by atomic mass is 16.5. The first-order chi connectivity index (χ1) is 16.2. The number of nitrogens with zero attached hydrogens (tertiary/aromatic N) is 2. The van der Waals surface area contributed by atoms with Crippen LogP contribution < -0.4 is 10.1 Å². The summed E-state index contributed by atoms with van der Waals surface area (Å²) >= 11 is 0. The normalized spacial score (nSPS) is 15.7. The number of carbonyl (C=O) groups is 3. The average molecular weight is 462 g/mol. The fraction of sp³-hybridized carbons (Fsp3) is 0.269. The largest absolute Gasteiger partial charge is 0.492 e.